The number of thioether (sulfide) groups is 1. The van der Waals surface area contributed by atoms with Crippen LogP contribution in [0, 0.1) is 0 Å². The molecule has 6 heteroatoms. The van der Waals surface area contributed by atoms with E-state index in [1.807, 2.05) is 18.4 Å². The van der Waals surface area contributed by atoms with Gasteiger partial charge in [-0.1, -0.05) is 31.9 Å². The van der Waals surface area contributed by atoms with E-state index in [1.165, 1.54) is 11.8 Å². The van der Waals surface area contributed by atoms with Crippen LogP contribution in [0.2, 0.25) is 0 Å². The fraction of sp³-hybridized carbons (Fsp3) is 0.538. The Morgan fingerprint density at radius 3 is 2.63 bits per heavy atom. The molecule has 1 aromatic rings. The predicted molar refractivity (Wildman–Crippen MR) is 80.9 cm³/mol. The van der Waals surface area contributed by atoms with E-state index in [4.69, 9.17) is 5.73 Å². The lowest BCUT2D eigenvalue weighted by Crippen LogP contribution is -2.40. The quantitative estimate of drug-likeness (QED) is 0.722. The van der Waals surface area contributed by atoms with Crippen molar-refractivity contribution in [1.29, 1.82) is 0 Å². The van der Waals surface area contributed by atoms with Crippen molar-refractivity contribution in [3.05, 3.63) is 24.3 Å². The molecule has 0 bridgehead atoms. The van der Waals surface area contributed by atoms with E-state index in [0.717, 1.165) is 24.2 Å². The first-order chi connectivity index (χ1) is 9.05. The van der Waals surface area contributed by atoms with Crippen LogP contribution >= 0.6 is 11.8 Å². The summed E-state index contributed by atoms with van der Waals surface area (Å²) in [5.74, 6) is 0. The van der Waals surface area contributed by atoms with E-state index < -0.39 is 10.0 Å². The Kier molecular flexibility index (Phi) is 6.85. The number of rotatable bonds is 8. The minimum atomic E-state index is -3.50. The maximum Gasteiger partial charge on any atom is 0.241 e. The highest BCUT2D eigenvalue weighted by atomic mass is 32.2. The molecule has 0 aromatic heterocycles. The van der Waals surface area contributed by atoms with E-state index in [2.05, 4.69) is 11.6 Å². The third-order valence-corrected chi connectivity index (χ3v) is 5.37. The van der Waals surface area contributed by atoms with Crippen molar-refractivity contribution in [3.8, 4) is 0 Å². The SMILES string of the molecule is CCCCC(CN)NS(=O)(=O)c1ccccc1SC. The number of nitrogens with two attached hydrogens (primary N) is 1. The van der Waals surface area contributed by atoms with Crippen LogP contribution in [0.15, 0.2) is 34.1 Å². The van der Waals surface area contributed by atoms with E-state index in [-0.39, 0.29) is 6.04 Å². The minimum absolute atomic E-state index is 0.195. The standard InChI is InChI=1S/C13H22N2O2S2/c1-3-4-7-11(10-14)15-19(16,17)13-9-6-5-8-12(13)18-2/h5-6,8-9,11,15H,3-4,7,10,14H2,1-2H3. The van der Waals surface area contributed by atoms with Crippen LogP contribution in [0.3, 0.4) is 0 Å². The Labute approximate surface area is 120 Å². The molecule has 1 atom stereocenters. The van der Waals surface area contributed by atoms with Gasteiger partial charge in [0, 0.05) is 17.5 Å². The average molecular weight is 302 g/mol. The van der Waals surface area contributed by atoms with Gasteiger partial charge in [-0.15, -0.1) is 11.8 Å². The Morgan fingerprint density at radius 1 is 1.37 bits per heavy atom. The zero-order valence-corrected chi connectivity index (χ0v) is 13.1. The second-order valence-corrected chi connectivity index (χ2v) is 6.88. The molecule has 0 fully saturated rings. The first kappa shape index (κ1) is 16.5. The summed E-state index contributed by atoms with van der Waals surface area (Å²) in [7, 11) is -3.50. The average Bonchev–Trinajstić information content (AvgIpc) is 2.43. The molecule has 108 valence electrons. The predicted octanol–water partition coefficient (Wildman–Crippen LogP) is 2.20. The van der Waals surface area contributed by atoms with Gasteiger partial charge in [0.15, 0.2) is 0 Å². The Balaban J connectivity index is 2.90. The summed E-state index contributed by atoms with van der Waals surface area (Å²) in [4.78, 5) is 1.08. The van der Waals surface area contributed by atoms with E-state index in [9.17, 15) is 8.42 Å². The summed E-state index contributed by atoms with van der Waals surface area (Å²) in [5, 5.41) is 0. The lowest BCUT2D eigenvalue weighted by molar-refractivity contribution is 0.515. The van der Waals surface area contributed by atoms with Gasteiger partial charge >= 0.3 is 0 Å². The number of hydrogen-bond donors (Lipinski definition) is 2. The van der Waals surface area contributed by atoms with Gasteiger partial charge < -0.3 is 5.73 Å². The second kappa shape index (κ2) is 7.89. The second-order valence-electron chi connectivity index (χ2n) is 4.35. The molecule has 0 amide bonds. The van der Waals surface area contributed by atoms with Crippen molar-refractivity contribution in [2.75, 3.05) is 12.8 Å². The number of hydrogen-bond acceptors (Lipinski definition) is 4. The van der Waals surface area contributed by atoms with Crippen molar-refractivity contribution in [2.45, 2.75) is 42.0 Å². The molecule has 19 heavy (non-hydrogen) atoms. The monoisotopic (exact) mass is 302 g/mol. The Hall–Kier alpha value is -0.560. The molecule has 0 aliphatic carbocycles. The summed E-state index contributed by atoms with van der Waals surface area (Å²) >= 11 is 1.42. The molecule has 0 heterocycles. The highest BCUT2D eigenvalue weighted by Crippen LogP contribution is 2.24. The third-order valence-electron chi connectivity index (χ3n) is 2.87. The molecule has 1 aromatic carbocycles. The topological polar surface area (TPSA) is 72.2 Å². The van der Waals surface area contributed by atoms with Gasteiger partial charge in [0.05, 0.1) is 4.90 Å². The van der Waals surface area contributed by atoms with Gasteiger partial charge in [0.1, 0.15) is 0 Å². The zero-order chi connectivity index (χ0) is 14.3. The van der Waals surface area contributed by atoms with Crippen LogP contribution in [0.5, 0.6) is 0 Å². The normalized spacial score (nSPS) is 13.4. The smallest absolute Gasteiger partial charge is 0.241 e. The molecule has 1 rings (SSSR count). The summed E-state index contributed by atoms with van der Waals surface area (Å²) in [5.41, 5.74) is 5.64. The fourth-order valence-electron chi connectivity index (χ4n) is 1.80. The number of nitrogens with one attached hydrogen (secondary N) is 1. The molecule has 0 saturated heterocycles. The lowest BCUT2D eigenvalue weighted by atomic mass is 10.1. The van der Waals surface area contributed by atoms with Crippen LogP contribution in [0.25, 0.3) is 0 Å². The molecule has 0 spiro atoms. The summed E-state index contributed by atoms with van der Waals surface area (Å²) < 4.78 is 27.4. The van der Waals surface area contributed by atoms with Crippen LogP contribution in [-0.2, 0) is 10.0 Å². The first-order valence-corrected chi connectivity index (χ1v) is 9.11. The molecular formula is C13H22N2O2S2. The number of benzene rings is 1. The first-order valence-electron chi connectivity index (χ1n) is 6.40. The van der Waals surface area contributed by atoms with E-state index in [1.54, 1.807) is 12.1 Å². The molecular weight excluding hydrogens is 280 g/mol. The number of sulfonamides is 1. The van der Waals surface area contributed by atoms with Crippen molar-refractivity contribution < 1.29 is 8.42 Å². The Morgan fingerprint density at radius 2 is 2.05 bits per heavy atom. The van der Waals surface area contributed by atoms with Crippen molar-refractivity contribution >= 4 is 21.8 Å². The largest absolute Gasteiger partial charge is 0.329 e. The van der Waals surface area contributed by atoms with Crippen LogP contribution < -0.4 is 10.5 Å². The maximum atomic E-state index is 12.4. The van der Waals surface area contributed by atoms with Gasteiger partial charge in [0.25, 0.3) is 0 Å². The van der Waals surface area contributed by atoms with Gasteiger partial charge in [-0.25, -0.2) is 13.1 Å². The summed E-state index contributed by atoms with van der Waals surface area (Å²) in [6, 6.07) is 6.81. The highest BCUT2D eigenvalue weighted by Gasteiger charge is 2.21. The minimum Gasteiger partial charge on any atom is -0.329 e. The third kappa shape index (κ3) is 4.80. The fourth-order valence-corrected chi connectivity index (χ4v) is 4.23. The molecule has 0 radical (unpaired) electrons. The van der Waals surface area contributed by atoms with Crippen LogP contribution in [0.4, 0.5) is 0 Å². The van der Waals surface area contributed by atoms with Crippen LogP contribution in [-0.4, -0.2) is 27.3 Å². The number of unbranched alkanes of at least 4 members (excludes halogenated alkanes) is 1. The Bertz CT molecular complexity index is 489. The van der Waals surface area contributed by atoms with E-state index in [0.29, 0.717) is 11.4 Å². The van der Waals surface area contributed by atoms with Gasteiger partial charge in [-0.05, 0) is 24.8 Å². The molecule has 0 saturated carbocycles. The van der Waals surface area contributed by atoms with Crippen LogP contribution in [0.1, 0.15) is 26.2 Å². The lowest BCUT2D eigenvalue weighted by Gasteiger charge is -2.17. The van der Waals surface area contributed by atoms with Crippen molar-refractivity contribution in [2.24, 2.45) is 5.73 Å². The molecule has 1 unspecified atom stereocenters. The maximum absolute atomic E-state index is 12.4. The molecule has 0 aliphatic heterocycles. The van der Waals surface area contributed by atoms with Crippen molar-refractivity contribution in [1.82, 2.24) is 4.72 Å². The van der Waals surface area contributed by atoms with Gasteiger partial charge in [-0.2, -0.15) is 0 Å². The van der Waals surface area contributed by atoms with Crippen molar-refractivity contribution in [3.63, 3.8) is 0 Å². The van der Waals surface area contributed by atoms with E-state index >= 15 is 0 Å². The summed E-state index contributed by atoms with van der Waals surface area (Å²) in [6.07, 6.45) is 4.63. The molecule has 3 N–H and O–H groups in total. The highest BCUT2D eigenvalue weighted by molar-refractivity contribution is 7.99. The van der Waals surface area contributed by atoms with Gasteiger partial charge in [0.2, 0.25) is 10.0 Å². The van der Waals surface area contributed by atoms with Gasteiger partial charge in [-0.3, -0.25) is 0 Å². The zero-order valence-electron chi connectivity index (χ0n) is 11.4. The molecule has 4 nitrogen and oxygen atoms in total. The summed E-state index contributed by atoms with van der Waals surface area (Å²) in [6.45, 7) is 2.39. The molecule has 0 aliphatic rings.